The number of hydrogen-bond donors (Lipinski definition) is 0. The van der Waals surface area contributed by atoms with E-state index in [1.54, 1.807) is 0 Å². The first-order valence-corrected chi connectivity index (χ1v) is 14.6. The van der Waals surface area contributed by atoms with E-state index in [9.17, 15) is 4.79 Å². The number of piperidine rings is 1. The first kappa shape index (κ1) is 27.4. The normalized spacial score (nSPS) is 22.0. The minimum Gasteiger partial charge on any atom is -0.445 e. The van der Waals surface area contributed by atoms with Gasteiger partial charge in [-0.05, 0) is 61.1 Å². The molecule has 3 aromatic rings. The number of ether oxygens (including phenoxy) is 2. The van der Waals surface area contributed by atoms with E-state index in [-0.39, 0.29) is 18.2 Å². The Morgan fingerprint density at radius 1 is 0.821 bits per heavy atom. The van der Waals surface area contributed by atoms with Crippen LogP contribution in [0.3, 0.4) is 0 Å². The Labute approximate surface area is 233 Å². The number of rotatable bonds is 10. The summed E-state index contributed by atoms with van der Waals surface area (Å²) < 4.78 is 12.1. The van der Waals surface area contributed by atoms with Gasteiger partial charge in [0.05, 0.1) is 12.7 Å². The van der Waals surface area contributed by atoms with E-state index in [1.165, 1.54) is 11.1 Å². The maximum absolute atomic E-state index is 12.9. The molecule has 0 spiro atoms. The second-order valence-electron chi connectivity index (χ2n) is 11.0. The fraction of sp³-hybridized carbons (Fsp3) is 0.441. The SMILES string of the molecule is CCN(C(=O)OCc1ccccc1)C1CCN(C[C@H]2CC(OCc3ccccc3)C[C@@H]2c2ccccc2)CC1. The largest absolute Gasteiger partial charge is 0.445 e. The van der Waals surface area contributed by atoms with Gasteiger partial charge < -0.3 is 19.3 Å². The van der Waals surface area contributed by atoms with Crippen LogP contribution in [0.1, 0.15) is 55.2 Å². The quantitative estimate of drug-likeness (QED) is 0.289. The van der Waals surface area contributed by atoms with Gasteiger partial charge in [-0.15, -0.1) is 0 Å². The van der Waals surface area contributed by atoms with E-state index in [1.807, 2.05) is 35.2 Å². The predicted octanol–water partition coefficient (Wildman–Crippen LogP) is 6.89. The fourth-order valence-electron chi connectivity index (χ4n) is 6.39. The third kappa shape index (κ3) is 7.49. The Morgan fingerprint density at radius 2 is 1.41 bits per heavy atom. The van der Waals surface area contributed by atoms with Crippen LogP contribution in [0.25, 0.3) is 0 Å². The van der Waals surface area contributed by atoms with Crippen LogP contribution in [-0.2, 0) is 22.7 Å². The summed E-state index contributed by atoms with van der Waals surface area (Å²) in [6.07, 6.45) is 4.25. The van der Waals surface area contributed by atoms with E-state index in [4.69, 9.17) is 9.47 Å². The van der Waals surface area contributed by atoms with Crippen molar-refractivity contribution in [3.8, 4) is 0 Å². The van der Waals surface area contributed by atoms with Gasteiger partial charge in [0.15, 0.2) is 0 Å². The van der Waals surface area contributed by atoms with Crippen molar-refractivity contribution in [2.45, 2.75) is 63.9 Å². The minimum absolute atomic E-state index is 0.196. The highest BCUT2D eigenvalue weighted by atomic mass is 16.6. The molecule has 1 saturated carbocycles. The van der Waals surface area contributed by atoms with Crippen LogP contribution < -0.4 is 0 Å². The summed E-state index contributed by atoms with van der Waals surface area (Å²) in [5.74, 6) is 1.09. The van der Waals surface area contributed by atoms with Crippen LogP contribution in [0.5, 0.6) is 0 Å². The fourth-order valence-corrected chi connectivity index (χ4v) is 6.39. The zero-order valence-corrected chi connectivity index (χ0v) is 23.2. The highest BCUT2D eigenvalue weighted by molar-refractivity contribution is 5.68. The molecular formula is C34H42N2O3. The van der Waals surface area contributed by atoms with Crippen LogP contribution in [0.15, 0.2) is 91.0 Å². The van der Waals surface area contributed by atoms with E-state index in [0.29, 0.717) is 31.6 Å². The van der Waals surface area contributed by atoms with Crippen LogP contribution in [0.4, 0.5) is 4.79 Å². The Morgan fingerprint density at radius 3 is 2.03 bits per heavy atom. The molecule has 1 amide bonds. The minimum atomic E-state index is -0.196. The van der Waals surface area contributed by atoms with Crippen molar-refractivity contribution in [1.29, 1.82) is 0 Å². The van der Waals surface area contributed by atoms with E-state index < -0.39 is 0 Å². The van der Waals surface area contributed by atoms with Gasteiger partial charge in [-0.25, -0.2) is 4.79 Å². The zero-order valence-electron chi connectivity index (χ0n) is 23.2. The molecule has 5 nitrogen and oxygen atoms in total. The number of hydrogen-bond acceptors (Lipinski definition) is 4. The van der Waals surface area contributed by atoms with Crippen molar-refractivity contribution in [3.63, 3.8) is 0 Å². The molecule has 2 aliphatic rings. The van der Waals surface area contributed by atoms with E-state index in [2.05, 4.69) is 72.5 Å². The maximum Gasteiger partial charge on any atom is 0.410 e. The smallest absolute Gasteiger partial charge is 0.410 e. The van der Waals surface area contributed by atoms with Gasteiger partial charge >= 0.3 is 6.09 Å². The molecule has 5 heteroatoms. The molecule has 3 atom stereocenters. The van der Waals surface area contributed by atoms with Gasteiger partial charge in [-0.1, -0.05) is 91.0 Å². The average molecular weight is 527 g/mol. The van der Waals surface area contributed by atoms with Crippen molar-refractivity contribution >= 4 is 6.09 Å². The topological polar surface area (TPSA) is 42.0 Å². The third-order valence-electron chi connectivity index (χ3n) is 8.48. The lowest BCUT2D eigenvalue weighted by atomic mass is 9.88. The number of carbonyl (C=O) groups is 1. The van der Waals surface area contributed by atoms with Crippen LogP contribution in [-0.4, -0.2) is 54.2 Å². The van der Waals surface area contributed by atoms with Crippen molar-refractivity contribution in [2.24, 2.45) is 5.92 Å². The predicted molar refractivity (Wildman–Crippen MR) is 155 cm³/mol. The van der Waals surface area contributed by atoms with Gasteiger partial charge in [0, 0.05) is 32.2 Å². The van der Waals surface area contributed by atoms with Gasteiger partial charge in [0.2, 0.25) is 0 Å². The molecular weight excluding hydrogens is 484 g/mol. The van der Waals surface area contributed by atoms with Crippen LogP contribution in [0, 0.1) is 5.92 Å². The summed E-state index contributed by atoms with van der Waals surface area (Å²) in [4.78, 5) is 17.4. The molecule has 1 saturated heterocycles. The number of amides is 1. The van der Waals surface area contributed by atoms with Crippen LogP contribution >= 0.6 is 0 Å². The molecule has 1 unspecified atom stereocenters. The molecule has 39 heavy (non-hydrogen) atoms. The third-order valence-corrected chi connectivity index (χ3v) is 8.48. The monoisotopic (exact) mass is 526 g/mol. The van der Waals surface area contributed by atoms with Crippen LogP contribution in [0.2, 0.25) is 0 Å². The summed E-state index contributed by atoms with van der Waals surface area (Å²) in [5.41, 5.74) is 3.69. The summed E-state index contributed by atoms with van der Waals surface area (Å²) in [5, 5.41) is 0. The molecule has 5 rings (SSSR count). The van der Waals surface area contributed by atoms with Gasteiger partial charge in [-0.3, -0.25) is 0 Å². The number of likely N-dealkylation sites (tertiary alicyclic amines) is 1. The van der Waals surface area contributed by atoms with Gasteiger partial charge in [0.1, 0.15) is 6.61 Å². The standard InChI is InChI=1S/C34H42N2O3/c1-2-36(34(37)39-26-28-14-8-4-9-15-28)31-18-20-35(21-19-31)24-30-22-32(38-25-27-12-6-3-7-13-27)23-33(30)29-16-10-5-11-17-29/h3-17,30-33H,2,18-26H2,1H3/t30-,32?,33-/m1/s1. The molecule has 0 aromatic heterocycles. The number of carbonyl (C=O) groups excluding carboxylic acids is 1. The Balaban J connectivity index is 1.14. The molecule has 206 valence electrons. The van der Waals surface area contributed by atoms with Crippen molar-refractivity contribution in [1.82, 2.24) is 9.80 Å². The lowest BCUT2D eigenvalue weighted by Gasteiger charge is -2.39. The van der Waals surface area contributed by atoms with Crippen molar-refractivity contribution < 1.29 is 14.3 Å². The lowest BCUT2D eigenvalue weighted by molar-refractivity contribution is 0.0392. The first-order chi connectivity index (χ1) is 19.2. The maximum atomic E-state index is 12.9. The summed E-state index contributed by atoms with van der Waals surface area (Å²) in [6, 6.07) is 31.6. The molecule has 0 bridgehead atoms. The van der Waals surface area contributed by atoms with Gasteiger partial charge in [-0.2, -0.15) is 0 Å². The highest BCUT2D eigenvalue weighted by Gasteiger charge is 2.38. The molecule has 0 N–H and O–H groups in total. The average Bonchev–Trinajstić information content (AvgIpc) is 3.40. The second kappa shape index (κ2) is 13.8. The van der Waals surface area contributed by atoms with Crippen molar-refractivity contribution in [3.05, 3.63) is 108 Å². The number of nitrogens with zero attached hydrogens (tertiary/aromatic N) is 2. The molecule has 1 aliphatic carbocycles. The second-order valence-corrected chi connectivity index (χ2v) is 11.0. The molecule has 2 fully saturated rings. The highest BCUT2D eigenvalue weighted by Crippen LogP contribution is 2.42. The molecule has 1 aliphatic heterocycles. The molecule has 3 aromatic carbocycles. The Hall–Kier alpha value is -3.15. The first-order valence-electron chi connectivity index (χ1n) is 14.6. The van der Waals surface area contributed by atoms with E-state index in [0.717, 1.165) is 50.9 Å². The summed E-state index contributed by atoms with van der Waals surface area (Å²) in [7, 11) is 0. The Bertz CT molecular complexity index is 1130. The summed E-state index contributed by atoms with van der Waals surface area (Å²) in [6.45, 7) is 6.85. The molecule has 1 heterocycles. The van der Waals surface area contributed by atoms with Crippen molar-refractivity contribution in [2.75, 3.05) is 26.2 Å². The Kier molecular flexibility index (Phi) is 9.68. The molecule has 0 radical (unpaired) electrons. The summed E-state index contributed by atoms with van der Waals surface area (Å²) >= 11 is 0. The van der Waals surface area contributed by atoms with E-state index >= 15 is 0 Å². The zero-order chi connectivity index (χ0) is 26.9. The lowest BCUT2D eigenvalue weighted by Crippen LogP contribution is -2.48. The van der Waals surface area contributed by atoms with Gasteiger partial charge in [0.25, 0.3) is 0 Å². The number of benzene rings is 3.